The zero-order chi connectivity index (χ0) is 23.3. The second-order valence-electron chi connectivity index (χ2n) is 6.32. The minimum atomic E-state index is -4.27. The Morgan fingerprint density at radius 3 is 2.53 bits per heavy atom. The molecule has 0 aliphatic carbocycles. The van der Waals surface area contributed by atoms with Crippen LogP contribution in [0, 0.1) is 10.1 Å². The molecular formula is C20H17ClN4O6S. The van der Waals surface area contributed by atoms with E-state index >= 15 is 0 Å². The molecule has 0 saturated heterocycles. The molecule has 0 radical (unpaired) electrons. The van der Waals surface area contributed by atoms with E-state index in [1.165, 1.54) is 43.7 Å². The number of phenolic OH excluding ortho intramolecular Hbond substituents is 1. The van der Waals surface area contributed by atoms with Crippen molar-refractivity contribution in [2.45, 2.75) is 4.90 Å². The van der Waals surface area contributed by atoms with Gasteiger partial charge in [0.2, 0.25) is 0 Å². The number of anilines is 2. The molecule has 3 N–H and O–H groups in total. The number of methoxy groups -OCH3 is 1. The summed E-state index contributed by atoms with van der Waals surface area (Å²) in [6.45, 7) is 0. The van der Waals surface area contributed by atoms with E-state index in [0.29, 0.717) is 5.56 Å². The van der Waals surface area contributed by atoms with Crippen LogP contribution >= 0.6 is 11.6 Å². The van der Waals surface area contributed by atoms with Gasteiger partial charge in [-0.1, -0.05) is 23.7 Å². The van der Waals surface area contributed by atoms with E-state index in [1.807, 2.05) is 0 Å². The van der Waals surface area contributed by atoms with Crippen LogP contribution in [-0.2, 0) is 10.0 Å². The van der Waals surface area contributed by atoms with Crippen LogP contribution in [0.25, 0.3) is 0 Å². The van der Waals surface area contributed by atoms with E-state index in [-0.39, 0.29) is 27.9 Å². The normalized spacial score (nSPS) is 11.3. The topological polar surface area (TPSA) is 143 Å². The van der Waals surface area contributed by atoms with Crippen molar-refractivity contribution in [3.63, 3.8) is 0 Å². The summed E-state index contributed by atoms with van der Waals surface area (Å²) in [4.78, 5) is 10.1. The molecule has 3 aromatic rings. The third kappa shape index (κ3) is 5.25. The van der Waals surface area contributed by atoms with E-state index in [1.54, 1.807) is 18.2 Å². The predicted molar refractivity (Wildman–Crippen MR) is 121 cm³/mol. The molecule has 0 unspecified atom stereocenters. The van der Waals surface area contributed by atoms with Crippen molar-refractivity contribution in [1.82, 2.24) is 0 Å². The zero-order valence-corrected chi connectivity index (χ0v) is 18.1. The van der Waals surface area contributed by atoms with Gasteiger partial charge in [-0.25, -0.2) is 8.42 Å². The second kappa shape index (κ2) is 9.54. The number of nitrogens with zero attached hydrogens (tertiary/aromatic N) is 2. The Kier molecular flexibility index (Phi) is 6.81. The maximum absolute atomic E-state index is 13.0. The molecule has 166 valence electrons. The summed E-state index contributed by atoms with van der Waals surface area (Å²) in [6, 6.07) is 14.0. The number of hydrazone groups is 1. The second-order valence-corrected chi connectivity index (χ2v) is 8.38. The molecule has 0 heterocycles. The van der Waals surface area contributed by atoms with E-state index < -0.39 is 25.5 Å². The van der Waals surface area contributed by atoms with Gasteiger partial charge in [0.1, 0.15) is 4.90 Å². The van der Waals surface area contributed by atoms with E-state index in [2.05, 4.69) is 15.2 Å². The SMILES string of the molecule is COc1ccc(C=NNc2ccc([N+](=O)[O-])cc2S(=O)(=O)Nc2ccccc2Cl)cc1O. The molecule has 3 rings (SSSR count). The van der Waals surface area contributed by atoms with Crippen LogP contribution in [0.15, 0.2) is 70.7 Å². The van der Waals surface area contributed by atoms with Crippen LogP contribution < -0.4 is 14.9 Å². The number of hydrogen-bond donors (Lipinski definition) is 3. The Morgan fingerprint density at radius 1 is 1.12 bits per heavy atom. The molecule has 0 fully saturated rings. The number of rotatable bonds is 8. The number of ether oxygens (including phenoxy) is 1. The lowest BCUT2D eigenvalue weighted by molar-refractivity contribution is -0.385. The van der Waals surface area contributed by atoms with Crippen LogP contribution in [0.4, 0.5) is 17.1 Å². The molecule has 3 aromatic carbocycles. The Hall–Kier alpha value is -3.83. The summed E-state index contributed by atoms with van der Waals surface area (Å²) in [5, 5.41) is 25.1. The molecule has 0 aliphatic heterocycles. The molecule has 10 nitrogen and oxygen atoms in total. The first-order valence-electron chi connectivity index (χ1n) is 8.93. The molecule has 12 heteroatoms. The van der Waals surface area contributed by atoms with Gasteiger partial charge in [0.05, 0.1) is 34.6 Å². The average molecular weight is 477 g/mol. The Morgan fingerprint density at radius 2 is 1.88 bits per heavy atom. The first-order chi connectivity index (χ1) is 15.2. The van der Waals surface area contributed by atoms with Crippen molar-refractivity contribution in [3.05, 3.63) is 81.4 Å². The monoisotopic (exact) mass is 476 g/mol. The fourth-order valence-corrected chi connectivity index (χ4v) is 4.14. The largest absolute Gasteiger partial charge is 0.504 e. The summed E-state index contributed by atoms with van der Waals surface area (Å²) in [7, 11) is -2.85. The standard InChI is InChI=1S/C20H17ClN4O6S/c1-31-19-9-6-13(10-18(19)26)12-22-23-17-8-7-14(25(27)28)11-20(17)32(29,30)24-16-5-3-2-4-15(16)21/h2-12,23-24,26H,1H3. The molecule has 0 aromatic heterocycles. The minimum Gasteiger partial charge on any atom is -0.504 e. The van der Waals surface area contributed by atoms with E-state index in [4.69, 9.17) is 16.3 Å². The maximum Gasteiger partial charge on any atom is 0.270 e. The maximum atomic E-state index is 13.0. The number of nitrogens with one attached hydrogen (secondary N) is 2. The highest BCUT2D eigenvalue weighted by atomic mass is 35.5. The number of aromatic hydroxyl groups is 1. The molecule has 0 amide bonds. The molecule has 0 atom stereocenters. The lowest BCUT2D eigenvalue weighted by atomic mass is 10.2. The Balaban J connectivity index is 1.93. The van der Waals surface area contributed by atoms with Crippen LogP contribution in [0.1, 0.15) is 5.56 Å². The number of nitro groups is 1. The van der Waals surface area contributed by atoms with Gasteiger partial charge < -0.3 is 9.84 Å². The van der Waals surface area contributed by atoms with Gasteiger partial charge in [0, 0.05) is 12.1 Å². The Bertz CT molecular complexity index is 1300. The van der Waals surface area contributed by atoms with Crippen LogP contribution in [0.5, 0.6) is 11.5 Å². The van der Waals surface area contributed by atoms with E-state index in [9.17, 15) is 23.6 Å². The lowest BCUT2D eigenvalue weighted by Crippen LogP contribution is -2.15. The van der Waals surface area contributed by atoms with Gasteiger partial charge in [-0.2, -0.15) is 5.10 Å². The van der Waals surface area contributed by atoms with Crippen LogP contribution in [0.2, 0.25) is 5.02 Å². The lowest BCUT2D eigenvalue weighted by Gasteiger charge is -2.13. The van der Waals surface area contributed by atoms with Crippen LogP contribution in [-0.4, -0.2) is 31.8 Å². The summed E-state index contributed by atoms with van der Waals surface area (Å²) in [6.07, 6.45) is 1.33. The summed E-state index contributed by atoms with van der Waals surface area (Å²) >= 11 is 6.02. The molecule has 0 bridgehead atoms. The van der Waals surface area contributed by atoms with Crippen molar-refractivity contribution in [2.75, 3.05) is 17.3 Å². The van der Waals surface area contributed by atoms with Crippen molar-refractivity contribution in [3.8, 4) is 11.5 Å². The van der Waals surface area contributed by atoms with E-state index in [0.717, 1.165) is 12.1 Å². The number of para-hydroxylation sites is 1. The van der Waals surface area contributed by atoms with Crippen LogP contribution in [0.3, 0.4) is 0 Å². The summed E-state index contributed by atoms with van der Waals surface area (Å²) in [5.74, 6) is 0.184. The van der Waals surface area contributed by atoms with Gasteiger partial charge in [-0.15, -0.1) is 0 Å². The Labute approximate surface area is 188 Å². The number of sulfonamides is 1. The number of phenols is 1. The predicted octanol–water partition coefficient (Wildman–Crippen LogP) is 4.21. The summed E-state index contributed by atoms with van der Waals surface area (Å²) in [5.41, 5.74) is 2.75. The molecule has 0 saturated carbocycles. The third-order valence-corrected chi connectivity index (χ3v) is 5.92. The smallest absolute Gasteiger partial charge is 0.270 e. The fourth-order valence-electron chi connectivity index (χ4n) is 2.65. The highest BCUT2D eigenvalue weighted by Gasteiger charge is 2.23. The zero-order valence-electron chi connectivity index (χ0n) is 16.5. The van der Waals surface area contributed by atoms with Crippen molar-refractivity contribution in [2.24, 2.45) is 5.10 Å². The molecule has 0 spiro atoms. The van der Waals surface area contributed by atoms with Crippen molar-refractivity contribution >= 4 is 44.9 Å². The van der Waals surface area contributed by atoms with Crippen molar-refractivity contribution in [1.29, 1.82) is 0 Å². The van der Waals surface area contributed by atoms with Gasteiger partial charge in [-0.3, -0.25) is 20.3 Å². The number of nitro benzene ring substituents is 1. The molecular weight excluding hydrogens is 460 g/mol. The number of benzene rings is 3. The fraction of sp³-hybridized carbons (Fsp3) is 0.0500. The molecule has 32 heavy (non-hydrogen) atoms. The number of hydrogen-bond acceptors (Lipinski definition) is 8. The minimum absolute atomic E-state index is 0.0101. The van der Waals surface area contributed by atoms with Gasteiger partial charge in [0.25, 0.3) is 15.7 Å². The third-order valence-electron chi connectivity index (χ3n) is 4.19. The van der Waals surface area contributed by atoms with Gasteiger partial charge >= 0.3 is 0 Å². The van der Waals surface area contributed by atoms with Gasteiger partial charge in [0.15, 0.2) is 11.5 Å². The molecule has 0 aliphatic rings. The van der Waals surface area contributed by atoms with Crippen molar-refractivity contribution < 1.29 is 23.2 Å². The highest BCUT2D eigenvalue weighted by molar-refractivity contribution is 7.93. The first kappa shape index (κ1) is 22.8. The number of non-ortho nitro benzene ring substituents is 1. The first-order valence-corrected chi connectivity index (χ1v) is 10.8. The number of halogens is 1. The highest BCUT2D eigenvalue weighted by Crippen LogP contribution is 2.30. The average Bonchev–Trinajstić information content (AvgIpc) is 2.75. The quantitative estimate of drug-likeness (QED) is 0.251. The van der Waals surface area contributed by atoms with Gasteiger partial charge in [-0.05, 0) is 42.0 Å². The summed E-state index contributed by atoms with van der Waals surface area (Å²) < 4.78 is 33.2.